The summed E-state index contributed by atoms with van der Waals surface area (Å²) in [4.78, 5) is 2.55. The molecule has 4 heteroatoms. The van der Waals surface area contributed by atoms with Crippen LogP contribution in [0.2, 0.25) is 5.02 Å². The van der Waals surface area contributed by atoms with E-state index in [0.29, 0.717) is 6.04 Å². The Hall–Kier alpha value is -0.0900. The Morgan fingerprint density at radius 1 is 1.41 bits per heavy atom. The molecule has 1 atom stereocenters. The Morgan fingerprint density at radius 3 is 2.71 bits per heavy atom. The smallest absolute Gasteiger partial charge is 0.0548 e. The number of nitrogens with one attached hydrogen (secondary N) is 1. The van der Waals surface area contributed by atoms with Gasteiger partial charge in [0, 0.05) is 36.7 Å². The maximum atomic E-state index is 6.04. The van der Waals surface area contributed by atoms with Crippen molar-refractivity contribution in [3.63, 3.8) is 0 Å². The van der Waals surface area contributed by atoms with Crippen molar-refractivity contribution in [3.8, 4) is 0 Å². The molecular weight excluding hydrogens is 300 g/mol. The number of halogens is 2. The Labute approximate surface area is 116 Å². The first-order valence-electron chi connectivity index (χ1n) is 6.12. The van der Waals surface area contributed by atoms with Crippen molar-refractivity contribution in [3.05, 3.63) is 33.3 Å². The van der Waals surface area contributed by atoms with Crippen molar-refractivity contribution in [1.82, 2.24) is 10.2 Å². The standard InChI is InChI=1S/C13H18BrClN2/c1-2-13(17-7-5-16-6-8-17)10-3-4-12(15)11(14)9-10/h3-4,9,13,16H,2,5-8H2,1H3/t13-/m0/s1. The van der Waals surface area contributed by atoms with Crippen molar-refractivity contribution in [2.75, 3.05) is 26.2 Å². The average molecular weight is 318 g/mol. The molecule has 1 fully saturated rings. The summed E-state index contributed by atoms with van der Waals surface area (Å²) in [5.74, 6) is 0. The molecule has 0 aromatic heterocycles. The second-order valence-electron chi connectivity index (χ2n) is 4.38. The van der Waals surface area contributed by atoms with Crippen molar-refractivity contribution in [1.29, 1.82) is 0 Å². The predicted molar refractivity (Wildman–Crippen MR) is 76.6 cm³/mol. The van der Waals surface area contributed by atoms with Crippen LogP contribution in [0.15, 0.2) is 22.7 Å². The molecule has 1 aliphatic rings. The third-order valence-electron chi connectivity index (χ3n) is 3.31. The molecular formula is C13H18BrClN2. The van der Waals surface area contributed by atoms with Gasteiger partial charge in [-0.15, -0.1) is 0 Å². The molecule has 1 aliphatic heterocycles. The van der Waals surface area contributed by atoms with Crippen LogP contribution in [0, 0.1) is 0 Å². The van der Waals surface area contributed by atoms with E-state index in [2.05, 4.69) is 45.2 Å². The summed E-state index contributed by atoms with van der Waals surface area (Å²) in [6, 6.07) is 6.78. The molecule has 0 radical (unpaired) electrons. The average Bonchev–Trinajstić information content (AvgIpc) is 2.36. The lowest BCUT2D eigenvalue weighted by molar-refractivity contribution is 0.169. The normalized spacial score (nSPS) is 19.2. The maximum Gasteiger partial charge on any atom is 0.0548 e. The number of hydrogen-bond acceptors (Lipinski definition) is 2. The van der Waals surface area contributed by atoms with Crippen LogP contribution in [0.4, 0.5) is 0 Å². The molecule has 94 valence electrons. The van der Waals surface area contributed by atoms with Crippen LogP contribution in [0.1, 0.15) is 24.9 Å². The van der Waals surface area contributed by atoms with Crippen molar-refractivity contribution in [2.24, 2.45) is 0 Å². The predicted octanol–water partition coefficient (Wildman–Crippen LogP) is 3.46. The minimum absolute atomic E-state index is 0.505. The van der Waals surface area contributed by atoms with Crippen LogP contribution in [-0.2, 0) is 0 Å². The van der Waals surface area contributed by atoms with E-state index < -0.39 is 0 Å². The van der Waals surface area contributed by atoms with Gasteiger partial charge in [0.2, 0.25) is 0 Å². The summed E-state index contributed by atoms with van der Waals surface area (Å²) in [5.41, 5.74) is 1.35. The van der Waals surface area contributed by atoms with Crippen LogP contribution in [0.3, 0.4) is 0 Å². The zero-order valence-corrected chi connectivity index (χ0v) is 12.4. The van der Waals surface area contributed by atoms with Crippen molar-refractivity contribution >= 4 is 27.5 Å². The SMILES string of the molecule is CC[C@@H](c1ccc(Cl)c(Br)c1)N1CCNCC1. The number of hydrogen-bond donors (Lipinski definition) is 1. The first kappa shape index (κ1) is 13.3. The zero-order valence-electron chi connectivity index (χ0n) is 10.0. The highest BCUT2D eigenvalue weighted by Crippen LogP contribution is 2.30. The van der Waals surface area contributed by atoms with E-state index in [0.717, 1.165) is 42.1 Å². The zero-order chi connectivity index (χ0) is 12.3. The second kappa shape index (κ2) is 6.19. The maximum absolute atomic E-state index is 6.04. The number of rotatable bonds is 3. The van der Waals surface area contributed by atoms with E-state index in [1.807, 2.05) is 6.07 Å². The summed E-state index contributed by atoms with van der Waals surface area (Å²) >= 11 is 9.55. The third kappa shape index (κ3) is 3.22. The van der Waals surface area contributed by atoms with Gasteiger partial charge in [-0.1, -0.05) is 24.6 Å². The summed E-state index contributed by atoms with van der Waals surface area (Å²) in [5, 5.41) is 4.18. The molecule has 0 bridgehead atoms. The fourth-order valence-corrected chi connectivity index (χ4v) is 2.93. The van der Waals surface area contributed by atoms with Gasteiger partial charge in [0.25, 0.3) is 0 Å². The van der Waals surface area contributed by atoms with Gasteiger partial charge >= 0.3 is 0 Å². The fraction of sp³-hybridized carbons (Fsp3) is 0.538. The first-order chi connectivity index (χ1) is 8.22. The van der Waals surface area contributed by atoms with E-state index in [1.165, 1.54) is 5.56 Å². The molecule has 1 saturated heterocycles. The lowest BCUT2D eigenvalue weighted by atomic mass is 10.0. The first-order valence-corrected chi connectivity index (χ1v) is 7.29. The molecule has 0 saturated carbocycles. The highest BCUT2D eigenvalue weighted by Gasteiger charge is 2.20. The number of benzene rings is 1. The minimum Gasteiger partial charge on any atom is -0.314 e. The molecule has 17 heavy (non-hydrogen) atoms. The van der Waals surface area contributed by atoms with Gasteiger partial charge in [0.1, 0.15) is 0 Å². The highest BCUT2D eigenvalue weighted by molar-refractivity contribution is 9.10. The molecule has 2 nitrogen and oxygen atoms in total. The quantitative estimate of drug-likeness (QED) is 0.918. The van der Waals surface area contributed by atoms with E-state index in [-0.39, 0.29) is 0 Å². The fourth-order valence-electron chi connectivity index (χ4n) is 2.42. The van der Waals surface area contributed by atoms with Gasteiger partial charge < -0.3 is 5.32 Å². The van der Waals surface area contributed by atoms with Crippen LogP contribution < -0.4 is 5.32 Å². The molecule has 0 aliphatic carbocycles. The van der Waals surface area contributed by atoms with E-state index in [9.17, 15) is 0 Å². The molecule has 2 rings (SSSR count). The lowest BCUT2D eigenvalue weighted by Gasteiger charge is -2.34. The molecule has 1 aromatic rings. The van der Waals surface area contributed by atoms with Gasteiger partial charge in [-0.25, -0.2) is 0 Å². The number of nitrogens with zero attached hydrogens (tertiary/aromatic N) is 1. The molecule has 0 unspecified atom stereocenters. The summed E-state index contributed by atoms with van der Waals surface area (Å²) in [7, 11) is 0. The second-order valence-corrected chi connectivity index (χ2v) is 5.65. The largest absolute Gasteiger partial charge is 0.314 e. The summed E-state index contributed by atoms with van der Waals surface area (Å²) in [6.45, 7) is 6.67. The summed E-state index contributed by atoms with van der Waals surface area (Å²) in [6.07, 6.45) is 1.13. The topological polar surface area (TPSA) is 15.3 Å². The molecule has 1 heterocycles. The van der Waals surface area contributed by atoms with Crippen LogP contribution in [-0.4, -0.2) is 31.1 Å². The monoisotopic (exact) mass is 316 g/mol. The van der Waals surface area contributed by atoms with Crippen molar-refractivity contribution in [2.45, 2.75) is 19.4 Å². The van der Waals surface area contributed by atoms with Crippen LogP contribution in [0.5, 0.6) is 0 Å². The molecule has 1 aromatic carbocycles. The van der Waals surface area contributed by atoms with Gasteiger partial charge in [0.15, 0.2) is 0 Å². The van der Waals surface area contributed by atoms with Gasteiger partial charge in [-0.05, 0) is 40.0 Å². The summed E-state index contributed by atoms with van der Waals surface area (Å²) < 4.78 is 0.991. The van der Waals surface area contributed by atoms with Crippen LogP contribution in [0.25, 0.3) is 0 Å². The number of piperazine rings is 1. The lowest BCUT2D eigenvalue weighted by Crippen LogP contribution is -2.45. The molecule has 1 N–H and O–H groups in total. The molecule has 0 amide bonds. The van der Waals surface area contributed by atoms with Gasteiger partial charge in [-0.3, -0.25) is 4.90 Å². The van der Waals surface area contributed by atoms with E-state index >= 15 is 0 Å². The van der Waals surface area contributed by atoms with Crippen LogP contribution >= 0.6 is 27.5 Å². The van der Waals surface area contributed by atoms with Gasteiger partial charge in [-0.2, -0.15) is 0 Å². The Kier molecular flexibility index (Phi) is 4.86. The Morgan fingerprint density at radius 2 is 2.12 bits per heavy atom. The third-order valence-corrected chi connectivity index (χ3v) is 4.52. The van der Waals surface area contributed by atoms with Gasteiger partial charge in [0.05, 0.1) is 5.02 Å². The van der Waals surface area contributed by atoms with E-state index in [4.69, 9.17) is 11.6 Å². The molecule has 0 spiro atoms. The minimum atomic E-state index is 0.505. The van der Waals surface area contributed by atoms with Crippen molar-refractivity contribution < 1.29 is 0 Å². The Bertz CT molecular complexity index is 378. The van der Waals surface area contributed by atoms with E-state index in [1.54, 1.807) is 0 Å². The highest BCUT2D eigenvalue weighted by atomic mass is 79.9. The Balaban J connectivity index is 2.18.